The van der Waals surface area contributed by atoms with Crippen molar-refractivity contribution in [2.75, 3.05) is 19.6 Å². The molecule has 0 aromatic carbocycles. The van der Waals surface area contributed by atoms with Crippen molar-refractivity contribution in [2.45, 2.75) is 33.9 Å². The Balaban J connectivity index is 4.68. The molecular weight excluding hydrogens is 277 g/mol. The molecule has 0 saturated carbocycles. The summed E-state index contributed by atoms with van der Waals surface area (Å²) in [5.74, 6) is -1.29. The van der Waals surface area contributed by atoms with Gasteiger partial charge in [-0.1, -0.05) is 27.7 Å². The van der Waals surface area contributed by atoms with Gasteiger partial charge in [-0.05, 0) is 11.3 Å². The van der Waals surface area contributed by atoms with E-state index in [1.165, 1.54) is 0 Å². The fraction of sp³-hybridized carbons (Fsp3) is 0.833. The molecule has 0 bridgehead atoms. The Hall–Kier alpha value is -1.47. The van der Waals surface area contributed by atoms with E-state index in [2.05, 4.69) is 5.32 Å². The van der Waals surface area contributed by atoms with Gasteiger partial charge >= 0.3 is 18.2 Å². The van der Waals surface area contributed by atoms with Gasteiger partial charge < -0.3 is 15.3 Å². The Labute approximate surface area is 116 Å². The lowest BCUT2D eigenvalue weighted by atomic mass is 9.81. The van der Waals surface area contributed by atoms with Gasteiger partial charge in [0.15, 0.2) is 0 Å². The number of aliphatic carboxylic acids is 1. The largest absolute Gasteiger partial charge is 0.480 e. The van der Waals surface area contributed by atoms with Crippen LogP contribution in [0.4, 0.5) is 18.0 Å². The lowest BCUT2D eigenvalue weighted by molar-refractivity contribution is -0.149. The normalized spacial score (nSPS) is 12.4. The summed E-state index contributed by atoms with van der Waals surface area (Å²) in [5, 5.41) is 10.9. The fourth-order valence-electron chi connectivity index (χ4n) is 1.20. The Bertz CT molecular complexity index is 354. The molecule has 0 aromatic rings. The highest BCUT2D eigenvalue weighted by Crippen LogP contribution is 2.24. The fourth-order valence-corrected chi connectivity index (χ4v) is 1.20. The summed E-state index contributed by atoms with van der Waals surface area (Å²) in [6, 6.07) is -1.03. The minimum absolute atomic E-state index is 0.164. The SMILES string of the molecule is CC(C)C(C)(C)CNC(=O)N(CC(=O)O)CC(F)(F)F. The van der Waals surface area contributed by atoms with E-state index in [1.54, 1.807) is 0 Å². The van der Waals surface area contributed by atoms with Gasteiger partial charge in [0.1, 0.15) is 13.1 Å². The lowest BCUT2D eigenvalue weighted by Crippen LogP contribution is -2.49. The van der Waals surface area contributed by atoms with Crippen LogP contribution in [0.15, 0.2) is 0 Å². The summed E-state index contributed by atoms with van der Waals surface area (Å²) in [4.78, 5) is 22.4. The second-order valence-electron chi connectivity index (χ2n) is 5.67. The summed E-state index contributed by atoms with van der Waals surface area (Å²) in [7, 11) is 0. The zero-order valence-electron chi connectivity index (χ0n) is 12.0. The van der Waals surface area contributed by atoms with E-state index >= 15 is 0 Å². The Morgan fingerprint density at radius 3 is 2.10 bits per heavy atom. The number of alkyl halides is 3. The van der Waals surface area contributed by atoms with Gasteiger partial charge in [-0.2, -0.15) is 13.2 Å². The first-order valence-electron chi connectivity index (χ1n) is 6.16. The maximum atomic E-state index is 12.3. The van der Waals surface area contributed by atoms with Gasteiger partial charge in [0.05, 0.1) is 0 Å². The molecule has 0 atom stereocenters. The van der Waals surface area contributed by atoms with Crippen LogP contribution in [0.5, 0.6) is 0 Å². The standard InChI is InChI=1S/C12H21F3N2O3/c1-8(2)11(3,4)6-16-10(20)17(5-9(18)19)7-12(13,14)15/h8H,5-7H2,1-4H3,(H,16,20)(H,18,19). The first-order valence-corrected chi connectivity index (χ1v) is 6.16. The summed E-state index contributed by atoms with van der Waals surface area (Å²) >= 11 is 0. The topological polar surface area (TPSA) is 69.6 Å². The summed E-state index contributed by atoms with van der Waals surface area (Å²) in [6.45, 7) is 5.17. The van der Waals surface area contributed by atoms with Crippen LogP contribution < -0.4 is 5.32 Å². The van der Waals surface area contributed by atoms with E-state index in [-0.39, 0.29) is 22.8 Å². The van der Waals surface area contributed by atoms with Crippen molar-refractivity contribution in [3.63, 3.8) is 0 Å². The molecule has 0 aromatic heterocycles. The van der Waals surface area contributed by atoms with Crippen molar-refractivity contribution in [2.24, 2.45) is 11.3 Å². The first-order chi connectivity index (χ1) is 8.85. The van der Waals surface area contributed by atoms with Gasteiger partial charge in [-0.25, -0.2) is 4.79 Å². The highest BCUT2D eigenvalue weighted by atomic mass is 19.4. The van der Waals surface area contributed by atoms with E-state index in [9.17, 15) is 22.8 Å². The molecule has 0 aliphatic heterocycles. The third kappa shape index (κ3) is 7.20. The first kappa shape index (κ1) is 18.5. The molecule has 0 saturated heterocycles. The maximum Gasteiger partial charge on any atom is 0.406 e. The molecule has 0 aliphatic carbocycles. The number of amides is 2. The van der Waals surface area contributed by atoms with Crippen LogP contribution in [-0.4, -0.2) is 47.8 Å². The molecule has 0 heterocycles. The van der Waals surface area contributed by atoms with Crippen molar-refractivity contribution in [1.82, 2.24) is 10.2 Å². The molecule has 5 nitrogen and oxygen atoms in total. The highest BCUT2D eigenvalue weighted by molar-refractivity contribution is 5.80. The molecule has 0 aliphatic rings. The quantitative estimate of drug-likeness (QED) is 0.790. The number of carboxylic acid groups (broad SMARTS) is 1. The Kier molecular flexibility index (Phi) is 6.31. The number of halogens is 3. The second kappa shape index (κ2) is 6.81. The monoisotopic (exact) mass is 298 g/mol. The molecule has 2 amide bonds. The number of nitrogens with zero attached hydrogens (tertiary/aromatic N) is 1. The summed E-state index contributed by atoms with van der Waals surface area (Å²) < 4.78 is 36.9. The Morgan fingerprint density at radius 2 is 1.75 bits per heavy atom. The maximum absolute atomic E-state index is 12.3. The van der Waals surface area contributed by atoms with Gasteiger partial charge in [0.2, 0.25) is 0 Å². The van der Waals surface area contributed by atoms with Gasteiger partial charge in [-0.3, -0.25) is 4.79 Å². The van der Waals surface area contributed by atoms with E-state index in [4.69, 9.17) is 5.11 Å². The van der Waals surface area contributed by atoms with Crippen LogP contribution in [0.1, 0.15) is 27.7 Å². The van der Waals surface area contributed by atoms with E-state index < -0.39 is 31.3 Å². The zero-order chi connectivity index (χ0) is 16.1. The van der Waals surface area contributed by atoms with Crippen molar-refractivity contribution in [3.05, 3.63) is 0 Å². The predicted molar refractivity (Wildman–Crippen MR) is 67.3 cm³/mol. The number of carbonyl (C=O) groups excluding carboxylic acids is 1. The molecule has 0 radical (unpaired) electrons. The van der Waals surface area contributed by atoms with Crippen LogP contribution in [0.25, 0.3) is 0 Å². The third-order valence-electron chi connectivity index (χ3n) is 3.24. The molecule has 2 N–H and O–H groups in total. The number of nitrogens with one attached hydrogen (secondary N) is 1. The summed E-state index contributed by atoms with van der Waals surface area (Å²) in [6.07, 6.45) is -4.64. The van der Waals surface area contributed by atoms with E-state index in [0.29, 0.717) is 0 Å². The van der Waals surface area contributed by atoms with E-state index in [0.717, 1.165) is 0 Å². The number of hydrogen-bond donors (Lipinski definition) is 2. The minimum atomic E-state index is -4.64. The average Bonchev–Trinajstić information content (AvgIpc) is 2.22. The highest BCUT2D eigenvalue weighted by Gasteiger charge is 2.34. The molecule has 118 valence electrons. The molecule has 20 heavy (non-hydrogen) atoms. The molecule has 0 fully saturated rings. The Morgan fingerprint density at radius 1 is 1.25 bits per heavy atom. The molecule has 0 rings (SSSR count). The van der Waals surface area contributed by atoms with Gasteiger partial charge in [0.25, 0.3) is 0 Å². The van der Waals surface area contributed by atoms with Crippen LogP contribution in [0.2, 0.25) is 0 Å². The summed E-state index contributed by atoms with van der Waals surface area (Å²) in [5.41, 5.74) is -0.303. The minimum Gasteiger partial charge on any atom is -0.480 e. The van der Waals surface area contributed by atoms with Crippen molar-refractivity contribution >= 4 is 12.0 Å². The van der Waals surface area contributed by atoms with Crippen molar-refractivity contribution in [3.8, 4) is 0 Å². The van der Waals surface area contributed by atoms with Gasteiger partial charge in [0, 0.05) is 6.54 Å². The number of carbonyl (C=O) groups is 2. The number of urea groups is 1. The van der Waals surface area contributed by atoms with Crippen LogP contribution >= 0.6 is 0 Å². The predicted octanol–water partition coefficient (Wildman–Crippen LogP) is 2.33. The zero-order valence-corrected chi connectivity index (χ0v) is 12.0. The van der Waals surface area contributed by atoms with E-state index in [1.807, 2.05) is 27.7 Å². The average molecular weight is 298 g/mol. The van der Waals surface area contributed by atoms with Crippen molar-refractivity contribution in [1.29, 1.82) is 0 Å². The molecular formula is C12H21F3N2O3. The molecule has 0 spiro atoms. The molecule has 8 heteroatoms. The van der Waals surface area contributed by atoms with Crippen LogP contribution in [0.3, 0.4) is 0 Å². The third-order valence-corrected chi connectivity index (χ3v) is 3.24. The number of hydrogen-bond acceptors (Lipinski definition) is 2. The van der Waals surface area contributed by atoms with Gasteiger partial charge in [-0.15, -0.1) is 0 Å². The number of carboxylic acids is 1. The second-order valence-corrected chi connectivity index (χ2v) is 5.67. The van der Waals surface area contributed by atoms with Crippen LogP contribution in [-0.2, 0) is 4.79 Å². The number of rotatable bonds is 6. The lowest BCUT2D eigenvalue weighted by Gasteiger charge is -2.31. The van der Waals surface area contributed by atoms with Crippen molar-refractivity contribution < 1.29 is 27.9 Å². The molecule has 0 unspecified atom stereocenters. The van der Waals surface area contributed by atoms with Crippen LogP contribution in [0, 0.1) is 11.3 Å². The smallest absolute Gasteiger partial charge is 0.406 e.